The highest BCUT2D eigenvalue weighted by Gasteiger charge is 2.22. The number of benzene rings is 1. The summed E-state index contributed by atoms with van der Waals surface area (Å²) in [6, 6.07) is 3.44. The van der Waals surface area contributed by atoms with Gasteiger partial charge >= 0.3 is 0 Å². The van der Waals surface area contributed by atoms with Crippen LogP contribution in [0.4, 0.5) is 14.5 Å². The lowest BCUT2D eigenvalue weighted by Gasteiger charge is -2.37. The third kappa shape index (κ3) is 6.22. The topological polar surface area (TPSA) is 65.0 Å². The lowest BCUT2D eigenvalue weighted by atomic mass is 10.2. The second-order valence-electron chi connectivity index (χ2n) is 5.78. The molecule has 1 aliphatic rings. The van der Waals surface area contributed by atoms with Crippen LogP contribution < -0.4 is 10.2 Å². The van der Waals surface area contributed by atoms with Gasteiger partial charge in [0.25, 0.3) is 0 Å². The molecule has 2 rings (SSSR count). The molecule has 6 nitrogen and oxygen atoms in total. The molecule has 1 aliphatic heterocycles. The van der Waals surface area contributed by atoms with Gasteiger partial charge in [-0.1, -0.05) is 6.92 Å². The zero-order valence-electron chi connectivity index (χ0n) is 14.9. The molecule has 1 N–H and O–H groups in total. The molecule has 10 heteroatoms. The van der Waals surface area contributed by atoms with Crippen molar-refractivity contribution in [2.75, 3.05) is 56.2 Å². The van der Waals surface area contributed by atoms with Crippen LogP contribution in [0.3, 0.4) is 0 Å². The van der Waals surface area contributed by atoms with Crippen LogP contribution in [-0.4, -0.2) is 70.6 Å². The number of rotatable bonds is 5. The highest BCUT2D eigenvalue weighted by molar-refractivity contribution is 14.0. The van der Waals surface area contributed by atoms with Gasteiger partial charge < -0.3 is 15.1 Å². The Morgan fingerprint density at radius 2 is 1.88 bits per heavy atom. The van der Waals surface area contributed by atoms with E-state index in [0.29, 0.717) is 38.7 Å². The van der Waals surface area contributed by atoms with Gasteiger partial charge in [-0.05, 0) is 12.1 Å². The number of anilines is 1. The molecule has 148 valence electrons. The van der Waals surface area contributed by atoms with Crippen LogP contribution in [0.1, 0.15) is 6.92 Å². The molecule has 1 fully saturated rings. The highest BCUT2D eigenvalue weighted by Crippen LogP contribution is 2.21. The van der Waals surface area contributed by atoms with Crippen molar-refractivity contribution in [3.05, 3.63) is 29.8 Å². The monoisotopic (exact) mass is 502 g/mol. The molecule has 0 bridgehead atoms. The Kier molecular flexibility index (Phi) is 9.01. The van der Waals surface area contributed by atoms with Crippen molar-refractivity contribution in [2.24, 2.45) is 4.99 Å². The maximum atomic E-state index is 13.9. The number of nitrogens with zero attached hydrogens (tertiary/aromatic N) is 3. The molecule has 1 aromatic carbocycles. The first-order valence-corrected chi connectivity index (χ1v) is 10.0. The fraction of sp³-hybridized carbons (Fsp3) is 0.562. The third-order valence-corrected chi connectivity index (χ3v) is 5.88. The Morgan fingerprint density at radius 3 is 2.46 bits per heavy atom. The number of sulfone groups is 1. The summed E-state index contributed by atoms with van der Waals surface area (Å²) in [6.45, 7) is 4.12. The van der Waals surface area contributed by atoms with Gasteiger partial charge in [-0.25, -0.2) is 17.2 Å². The fourth-order valence-corrected chi connectivity index (χ4v) is 3.38. The second-order valence-corrected chi connectivity index (χ2v) is 8.25. The van der Waals surface area contributed by atoms with E-state index < -0.39 is 21.5 Å². The summed E-state index contributed by atoms with van der Waals surface area (Å²) in [5.74, 6) is -0.122. The largest absolute Gasteiger partial charge is 0.366 e. The summed E-state index contributed by atoms with van der Waals surface area (Å²) in [5, 5.41) is 3.05. The lowest BCUT2D eigenvalue weighted by molar-refractivity contribution is 0.371. The Morgan fingerprint density at radius 1 is 1.23 bits per heavy atom. The van der Waals surface area contributed by atoms with Crippen LogP contribution in [0.15, 0.2) is 23.2 Å². The van der Waals surface area contributed by atoms with Crippen LogP contribution >= 0.6 is 24.0 Å². The Hall–Kier alpha value is -1.17. The van der Waals surface area contributed by atoms with Crippen molar-refractivity contribution in [1.82, 2.24) is 10.2 Å². The maximum Gasteiger partial charge on any atom is 0.193 e. The van der Waals surface area contributed by atoms with Gasteiger partial charge in [0.05, 0.1) is 11.4 Å². The van der Waals surface area contributed by atoms with E-state index in [9.17, 15) is 17.2 Å². The minimum absolute atomic E-state index is 0. The van der Waals surface area contributed by atoms with Crippen molar-refractivity contribution >= 4 is 45.5 Å². The Balaban J connectivity index is 0.00000338. The molecule has 0 saturated carbocycles. The van der Waals surface area contributed by atoms with Crippen LogP contribution in [0, 0.1) is 11.6 Å². The average Bonchev–Trinajstić information content (AvgIpc) is 2.61. The van der Waals surface area contributed by atoms with Gasteiger partial charge in [-0.15, -0.1) is 24.0 Å². The minimum Gasteiger partial charge on any atom is -0.366 e. The summed E-state index contributed by atoms with van der Waals surface area (Å²) in [5.41, 5.74) is 0.261. The summed E-state index contributed by atoms with van der Waals surface area (Å²) in [6.07, 6.45) is 0. The lowest BCUT2D eigenvalue weighted by Crippen LogP contribution is -2.53. The van der Waals surface area contributed by atoms with Crippen LogP contribution in [0.25, 0.3) is 0 Å². The van der Waals surface area contributed by atoms with Crippen LogP contribution in [0.5, 0.6) is 0 Å². The summed E-state index contributed by atoms with van der Waals surface area (Å²) in [4.78, 5) is 7.94. The van der Waals surface area contributed by atoms with Crippen molar-refractivity contribution in [2.45, 2.75) is 6.92 Å². The van der Waals surface area contributed by atoms with E-state index >= 15 is 0 Å². The smallest absolute Gasteiger partial charge is 0.193 e. The SMILES string of the molecule is CCS(=O)(=O)CCNC(=NC)N1CCN(c2cc(F)ccc2F)CC1.I. The predicted octanol–water partition coefficient (Wildman–Crippen LogP) is 1.71. The van der Waals surface area contributed by atoms with E-state index in [2.05, 4.69) is 10.3 Å². The highest BCUT2D eigenvalue weighted by atomic mass is 127. The van der Waals surface area contributed by atoms with E-state index in [1.165, 1.54) is 6.07 Å². The first-order chi connectivity index (χ1) is 11.9. The van der Waals surface area contributed by atoms with Gasteiger partial charge in [0.2, 0.25) is 0 Å². The minimum atomic E-state index is -3.03. The van der Waals surface area contributed by atoms with Crippen molar-refractivity contribution in [3.63, 3.8) is 0 Å². The first kappa shape index (κ1) is 22.9. The molecule has 0 atom stereocenters. The van der Waals surface area contributed by atoms with E-state index in [0.717, 1.165) is 12.1 Å². The third-order valence-electron chi connectivity index (χ3n) is 4.18. The van der Waals surface area contributed by atoms with Gasteiger partial charge in [0, 0.05) is 51.6 Å². The number of nitrogens with one attached hydrogen (secondary N) is 1. The quantitative estimate of drug-likeness (QED) is 0.378. The maximum absolute atomic E-state index is 13.9. The zero-order chi connectivity index (χ0) is 18.4. The number of halogens is 3. The second kappa shape index (κ2) is 10.2. The van der Waals surface area contributed by atoms with Crippen molar-refractivity contribution < 1.29 is 17.2 Å². The normalized spacial score (nSPS) is 15.6. The van der Waals surface area contributed by atoms with Gasteiger partial charge in [-0.3, -0.25) is 4.99 Å². The first-order valence-electron chi connectivity index (χ1n) is 8.22. The molecule has 1 aromatic rings. The molecule has 0 amide bonds. The van der Waals surface area contributed by atoms with Gasteiger partial charge in [-0.2, -0.15) is 0 Å². The van der Waals surface area contributed by atoms with E-state index in [1.54, 1.807) is 18.9 Å². The molecule has 0 unspecified atom stereocenters. The zero-order valence-corrected chi connectivity index (χ0v) is 18.1. The molecule has 26 heavy (non-hydrogen) atoms. The summed E-state index contributed by atoms with van der Waals surface area (Å²) < 4.78 is 50.3. The molecule has 0 aliphatic carbocycles. The number of guanidine groups is 1. The number of hydrogen-bond donors (Lipinski definition) is 1. The van der Waals surface area contributed by atoms with Gasteiger partial charge in [0.1, 0.15) is 11.6 Å². The van der Waals surface area contributed by atoms with Gasteiger partial charge in [0.15, 0.2) is 15.8 Å². The van der Waals surface area contributed by atoms with E-state index in [1.807, 2.05) is 4.90 Å². The summed E-state index contributed by atoms with van der Waals surface area (Å²) >= 11 is 0. The standard InChI is InChI=1S/C16H24F2N4O2S.HI/c1-3-25(23,24)11-6-20-16(19-2)22-9-7-21(8-10-22)15-12-13(17)4-5-14(15)18;/h4-5,12H,3,6-11H2,1-2H3,(H,19,20);1H. The molecular formula is C16H25F2IN4O2S. The number of aliphatic imine (C=N–C) groups is 1. The predicted molar refractivity (Wildman–Crippen MR) is 111 cm³/mol. The molecule has 0 aromatic heterocycles. The molecule has 0 spiro atoms. The number of piperazine rings is 1. The Bertz CT molecular complexity index is 723. The fourth-order valence-electron chi connectivity index (χ4n) is 2.68. The molecule has 0 radical (unpaired) electrons. The van der Waals surface area contributed by atoms with E-state index in [-0.39, 0.29) is 41.2 Å². The molecule has 1 saturated heterocycles. The van der Waals surface area contributed by atoms with Crippen LogP contribution in [-0.2, 0) is 9.84 Å². The Labute approximate surface area is 170 Å². The summed E-state index contributed by atoms with van der Waals surface area (Å²) in [7, 11) is -1.39. The van der Waals surface area contributed by atoms with Crippen molar-refractivity contribution in [1.29, 1.82) is 0 Å². The number of hydrogen-bond acceptors (Lipinski definition) is 4. The molecular weight excluding hydrogens is 477 g/mol. The van der Waals surface area contributed by atoms with E-state index in [4.69, 9.17) is 0 Å². The van der Waals surface area contributed by atoms with Crippen molar-refractivity contribution in [3.8, 4) is 0 Å². The molecule has 1 heterocycles. The van der Waals surface area contributed by atoms with Crippen LogP contribution in [0.2, 0.25) is 0 Å². The average molecular weight is 502 g/mol.